The minimum Gasteiger partial charge on any atom is -0.497 e. The van der Waals surface area contributed by atoms with Gasteiger partial charge < -0.3 is 9.16 Å². The standard InChI is InChI=1S/C20H37NO3SSi/c1-19(2,3)25(22)21-18(16-10-12-17(23-7)13-11-16)14-15-24-26(8,9)20(4,5)6/h10-13,18,21H,14-15H2,1-9H3/t18-,25+/m0/s1. The number of rotatable bonds is 8. The number of ether oxygens (including phenoxy) is 1. The van der Waals surface area contributed by atoms with E-state index in [4.69, 9.17) is 9.16 Å². The van der Waals surface area contributed by atoms with Crippen molar-refractivity contribution in [2.75, 3.05) is 13.7 Å². The van der Waals surface area contributed by atoms with Gasteiger partial charge in [0.05, 0.1) is 22.8 Å². The van der Waals surface area contributed by atoms with Crippen LogP contribution >= 0.6 is 0 Å². The molecule has 0 aliphatic rings. The van der Waals surface area contributed by atoms with Gasteiger partial charge in [-0.25, -0.2) is 8.93 Å². The average Bonchev–Trinajstić information content (AvgIpc) is 2.51. The summed E-state index contributed by atoms with van der Waals surface area (Å²) in [6.07, 6.45) is 0.778. The van der Waals surface area contributed by atoms with Crippen LogP contribution in [0.4, 0.5) is 0 Å². The molecule has 6 heteroatoms. The van der Waals surface area contributed by atoms with Gasteiger partial charge >= 0.3 is 0 Å². The van der Waals surface area contributed by atoms with Crippen molar-refractivity contribution in [3.63, 3.8) is 0 Å². The molecule has 2 atom stereocenters. The summed E-state index contributed by atoms with van der Waals surface area (Å²) in [4.78, 5) is 0. The number of hydrogen-bond acceptors (Lipinski definition) is 3. The molecule has 0 aliphatic carbocycles. The summed E-state index contributed by atoms with van der Waals surface area (Å²) in [7, 11) is -1.27. The monoisotopic (exact) mass is 399 g/mol. The van der Waals surface area contributed by atoms with Crippen molar-refractivity contribution in [2.45, 2.75) is 76.9 Å². The highest BCUT2D eigenvalue weighted by atomic mass is 32.2. The summed E-state index contributed by atoms with van der Waals surface area (Å²) in [5.74, 6) is 0.821. The van der Waals surface area contributed by atoms with E-state index < -0.39 is 19.3 Å². The van der Waals surface area contributed by atoms with Crippen LogP contribution in [0.1, 0.15) is 59.6 Å². The molecule has 0 radical (unpaired) electrons. The smallest absolute Gasteiger partial charge is 0.191 e. The van der Waals surface area contributed by atoms with E-state index in [-0.39, 0.29) is 15.8 Å². The van der Waals surface area contributed by atoms with Crippen molar-refractivity contribution >= 4 is 19.3 Å². The van der Waals surface area contributed by atoms with Gasteiger partial charge in [0.25, 0.3) is 0 Å². The van der Waals surface area contributed by atoms with Crippen LogP contribution in [0.3, 0.4) is 0 Å². The molecule has 0 amide bonds. The number of methoxy groups -OCH3 is 1. The summed E-state index contributed by atoms with van der Waals surface area (Å²) in [5.41, 5.74) is 1.10. The van der Waals surface area contributed by atoms with Gasteiger partial charge in [0.15, 0.2) is 8.32 Å². The van der Waals surface area contributed by atoms with Gasteiger partial charge in [-0.15, -0.1) is 0 Å². The van der Waals surface area contributed by atoms with E-state index in [1.54, 1.807) is 7.11 Å². The molecule has 1 aromatic rings. The SMILES string of the molecule is COc1ccc([C@H](CCO[Si](C)(C)C(C)(C)C)N[S@](=O)C(C)(C)C)cc1. The van der Waals surface area contributed by atoms with Crippen LogP contribution in [-0.2, 0) is 15.4 Å². The van der Waals surface area contributed by atoms with Crippen LogP contribution < -0.4 is 9.46 Å². The van der Waals surface area contributed by atoms with E-state index in [0.717, 1.165) is 17.7 Å². The molecule has 150 valence electrons. The van der Waals surface area contributed by atoms with Crippen LogP contribution in [0.2, 0.25) is 18.1 Å². The fourth-order valence-electron chi connectivity index (χ4n) is 2.08. The van der Waals surface area contributed by atoms with Gasteiger partial charge in [-0.05, 0) is 63.0 Å². The molecule has 26 heavy (non-hydrogen) atoms. The number of hydrogen-bond donors (Lipinski definition) is 1. The second-order valence-corrected chi connectivity index (χ2v) is 16.0. The molecule has 0 aliphatic heterocycles. The second kappa shape index (κ2) is 9.00. The lowest BCUT2D eigenvalue weighted by atomic mass is 10.1. The molecule has 1 rings (SSSR count). The fraction of sp³-hybridized carbons (Fsp3) is 0.700. The summed E-state index contributed by atoms with van der Waals surface area (Å²) in [5, 5.41) is 0.185. The predicted octanol–water partition coefficient (Wildman–Crippen LogP) is 5.20. The third kappa shape index (κ3) is 6.80. The van der Waals surface area contributed by atoms with Gasteiger partial charge in [0.1, 0.15) is 5.75 Å². The molecule has 0 heterocycles. The molecular weight excluding hydrogens is 362 g/mol. The van der Waals surface area contributed by atoms with Crippen LogP contribution in [0.15, 0.2) is 24.3 Å². The maximum absolute atomic E-state index is 12.6. The van der Waals surface area contributed by atoms with Crippen molar-refractivity contribution in [3.8, 4) is 5.75 Å². The maximum atomic E-state index is 12.6. The molecular formula is C20H37NO3SSi. The first kappa shape index (κ1) is 23.3. The maximum Gasteiger partial charge on any atom is 0.191 e. The third-order valence-electron chi connectivity index (χ3n) is 5.00. The minimum absolute atomic E-state index is 0.0225. The Labute approximate surface area is 163 Å². The van der Waals surface area contributed by atoms with Crippen molar-refractivity contribution in [2.24, 2.45) is 0 Å². The molecule has 1 N–H and O–H groups in total. The molecule has 0 saturated carbocycles. The Morgan fingerprint density at radius 3 is 2.04 bits per heavy atom. The molecule has 0 saturated heterocycles. The van der Waals surface area contributed by atoms with E-state index in [1.807, 2.05) is 45.0 Å². The molecule has 0 fully saturated rings. The Morgan fingerprint density at radius 1 is 1.08 bits per heavy atom. The summed E-state index contributed by atoms with van der Waals surface area (Å²) < 4.78 is 27.2. The van der Waals surface area contributed by atoms with Crippen LogP contribution in [0, 0.1) is 0 Å². The molecule has 4 nitrogen and oxygen atoms in total. The second-order valence-electron chi connectivity index (χ2n) is 9.22. The minimum atomic E-state index is -1.79. The van der Waals surface area contributed by atoms with Gasteiger partial charge in [0.2, 0.25) is 0 Å². The Hall–Kier alpha value is -0.693. The van der Waals surface area contributed by atoms with E-state index in [0.29, 0.717) is 6.61 Å². The summed E-state index contributed by atoms with van der Waals surface area (Å²) >= 11 is 0. The zero-order chi connectivity index (χ0) is 20.2. The topological polar surface area (TPSA) is 47.6 Å². The molecule has 0 aromatic heterocycles. The lowest BCUT2D eigenvalue weighted by molar-refractivity contribution is 0.269. The van der Waals surface area contributed by atoms with Crippen molar-refractivity contribution in [1.29, 1.82) is 0 Å². The van der Waals surface area contributed by atoms with Gasteiger partial charge in [-0.2, -0.15) is 0 Å². The van der Waals surface area contributed by atoms with Crippen molar-refractivity contribution in [3.05, 3.63) is 29.8 Å². The summed E-state index contributed by atoms with van der Waals surface area (Å²) in [6.45, 7) is 17.8. The molecule has 1 aromatic carbocycles. The highest BCUT2D eigenvalue weighted by Gasteiger charge is 2.37. The first-order chi connectivity index (χ1) is 11.8. The third-order valence-corrected chi connectivity index (χ3v) is 11.1. The van der Waals surface area contributed by atoms with Crippen molar-refractivity contribution in [1.82, 2.24) is 4.72 Å². The summed E-state index contributed by atoms with van der Waals surface area (Å²) in [6, 6.07) is 7.92. The van der Waals surface area contributed by atoms with E-state index in [1.165, 1.54) is 0 Å². The Kier molecular flexibility index (Phi) is 8.08. The lowest BCUT2D eigenvalue weighted by Gasteiger charge is -2.36. The van der Waals surface area contributed by atoms with Crippen molar-refractivity contribution < 1.29 is 13.4 Å². The van der Waals surface area contributed by atoms with Crippen LogP contribution in [0.5, 0.6) is 5.75 Å². The Bertz CT molecular complexity index is 589. The van der Waals surface area contributed by atoms with Gasteiger partial charge in [0, 0.05) is 12.6 Å². The molecule has 0 spiro atoms. The lowest BCUT2D eigenvalue weighted by Crippen LogP contribution is -2.42. The van der Waals surface area contributed by atoms with Crippen LogP contribution in [-0.4, -0.2) is 31.0 Å². The molecule has 0 unspecified atom stereocenters. The first-order valence-corrected chi connectivity index (χ1v) is 13.3. The zero-order valence-electron chi connectivity index (χ0n) is 17.9. The Morgan fingerprint density at radius 2 is 1.62 bits per heavy atom. The van der Waals surface area contributed by atoms with Gasteiger partial charge in [-0.1, -0.05) is 32.9 Å². The van der Waals surface area contributed by atoms with Crippen LogP contribution in [0.25, 0.3) is 0 Å². The van der Waals surface area contributed by atoms with E-state index in [9.17, 15) is 4.21 Å². The fourth-order valence-corrected chi connectivity index (χ4v) is 4.01. The normalized spacial score (nSPS) is 15.6. The zero-order valence-corrected chi connectivity index (χ0v) is 19.8. The predicted molar refractivity (Wildman–Crippen MR) is 115 cm³/mol. The number of benzene rings is 1. The molecule has 0 bridgehead atoms. The van der Waals surface area contributed by atoms with E-state index in [2.05, 4.69) is 38.6 Å². The highest BCUT2D eigenvalue weighted by Crippen LogP contribution is 2.37. The van der Waals surface area contributed by atoms with E-state index >= 15 is 0 Å². The highest BCUT2D eigenvalue weighted by molar-refractivity contribution is 7.84. The average molecular weight is 400 g/mol. The first-order valence-electron chi connectivity index (χ1n) is 9.24. The Balaban J connectivity index is 2.89. The van der Waals surface area contributed by atoms with Gasteiger partial charge in [-0.3, -0.25) is 0 Å². The largest absolute Gasteiger partial charge is 0.497 e. The quantitative estimate of drug-likeness (QED) is 0.611. The number of nitrogens with one attached hydrogen (secondary N) is 1.